The van der Waals surface area contributed by atoms with Crippen LogP contribution < -0.4 is 15.6 Å². The van der Waals surface area contributed by atoms with Crippen molar-refractivity contribution >= 4 is 22.6 Å². The molecule has 7 nitrogen and oxygen atoms in total. The van der Waals surface area contributed by atoms with Crippen LogP contribution in [0.25, 0.3) is 16.6 Å². The van der Waals surface area contributed by atoms with E-state index in [0.717, 1.165) is 17.7 Å². The minimum atomic E-state index is -0.499. The van der Waals surface area contributed by atoms with Crippen LogP contribution >= 0.6 is 0 Å². The number of aromatic nitrogens is 2. The van der Waals surface area contributed by atoms with E-state index in [1.807, 2.05) is 81.4 Å². The molecule has 4 rings (SSSR count). The van der Waals surface area contributed by atoms with Crippen molar-refractivity contribution in [3.63, 3.8) is 0 Å². The van der Waals surface area contributed by atoms with Crippen molar-refractivity contribution in [3.8, 4) is 11.4 Å². The average Bonchev–Trinajstić information content (AvgIpc) is 2.88. The molecule has 3 aromatic carbocycles. The summed E-state index contributed by atoms with van der Waals surface area (Å²) in [5, 5.41) is 3.53. The second-order valence-corrected chi connectivity index (χ2v) is 8.41. The summed E-state index contributed by atoms with van der Waals surface area (Å²) in [6.45, 7) is 6.36. The normalized spacial score (nSPS) is 11.8. The zero-order valence-corrected chi connectivity index (χ0v) is 20.5. The van der Waals surface area contributed by atoms with Gasteiger partial charge in [0.2, 0.25) is 0 Å². The van der Waals surface area contributed by atoms with Crippen molar-refractivity contribution in [2.45, 2.75) is 33.2 Å². The van der Waals surface area contributed by atoms with Crippen LogP contribution in [0.2, 0.25) is 0 Å². The fraction of sp³-hybridized carbons (Fsp3) is 0.250. The Balaban J connectivity index is 1.87. The summed E-state index contributed by atoms with van der Waals surface area (Å²) in [4.78, 5) is 33.8. The van der Waals surface area contributed by atoms with Gasteiger partial charge in [-0.05, 0) is 56.2 Å². The number of hydrogen-bond donors (Lipinski definition) is 1. The van der Waals surface area contributed by atoms with Gasteiger partial charge < -0.3 is 15.0 Å². The molecule has 0 saturated carbocycles. The van der Waals surface area contributed by atoms with E-state index in [4.69, 9.17) is 9.72 Å². The molecule has 180 valence electrons. The lowest BCUT2D eigenvalue weighted by molar-refractivity contribution is 0.189. The fourth-order valence-electron chi connectivity index (χ4n) is 4.23. The van der Waals surface area contributed by atoms with Gasteiger partial charge >= 0.3 is 6.03 Å². The lowest BCUT2D eigenvalue weighted by atomic mass is 10.1. The highest BCUT2D eigenvalue weighted by Gasteiger charge is 2.27. The lowest BCUT2D eigenvalue weighted by Gasteiger charge is -2.30. The molecule has 7 heteroatoms. The molecule has 35 heavy (non-hydrogen) atoms. The number of rotatable bonds is 7. The first-order chi connectivity index (χ1) is 17.0. The van der Waals surface area contributed by atoms with E-state index < -0.39 is 6.04 Å². The van der Waals surface area contributed by atoms with Gasteiger partial charge in [0.05, 0.1) is 29.7 Å². The summed E-state index contributed by atoms with van der Waals surface area (Å²) in [5.41, 5.74) is 2.67. The van der Waals surface area contributed by atoms with Gasteiger partial charge in [-0.2, -0.15) is 0 Å². The van der Waals surface area contributed by atoms with Crippen LogP contribution in [0.4, 0.5) is 10.5 Å². The highest BCUT2D eigenvalue weighted by Crippen LogP contribution is 2.28. The third kappa shape index (κ3) is 4.75. The SMILES string of the molecule is CCCN(C(=O)Nc1ccccc1C)C(C)c1nc2ccccc2c(=O)n1-c1ccccc1OC. The van der Waals surface area contributed by atoms with Crippen LogP contribution in [0.15, 0.2) is 77.6 Å². The molecule has 0 aliphatic heterocycles. The largest absolute Gasteiger partial charge is 0.495 e. The molecular formula is C28H30N4O3. The first-order valence-electron chi connectivity index (χ1n) is 11.7. The molecule has 1 aromatic heterocycles. The topological polar surface area (TPSA) is 76.5 Å². The van der Waals surface area contributed by atoms with Gasteiger partial charge in [-0.3, -0.25) is 9.36 Å². The number of hydrogen-bond acceptors (Lipinski definition) is 4. The molecule has 2 amide bonds. The molecule has 0 fully saturated rings. The number of aryl methyl sites for hydroxylation is 1. The molecule has 0 saturated heterocycles. The van der Waals surface area contributed by atoms with Crippen molar-refractivity contribution in [1.29, 1.82) is 0 Å². The Morgan fingerprint density at radius 2 is 1.74 bits per heavy atom. The fourth-order valence-corrected chi connectivity index (χ4v) is 4.23. The van der Waals surface area contributed by atoms with E-state index in [2.05, 4.69) is 5.32 Å². The van der Waals surface area contributed by atoms with E-state index >= 15 is 0 Å². The standard InChI is InChI=1S/C28H30N4O3/c1-5-18-31(28(34)30-22-14-8-6-12-19(22)2)20(3)26-29-23-15-9-7-13-21(23)27(33)32(26)24-16-10-11-17-25(24)35-4/h6-17,20H,5,18H2,1-4H3,(H,30,34). The van der Waals surface area contributed by atoms with Gasteiger partial charge in [0.15, 0.2) is 0 Å². The predicted molar refractivity (Wildman–Crippen MR) is 140 cm³/mol. The van der Waals surface area contributed by atoms with Gasteiger partial charge in [-0.1, -0.05) is 49.4 Å². The van der Waals surface area contributed by atoms with Crippen LogP contribution in [-0.2, 0) is 0 Å². The third-order valence-corrected chi connectivity index (χ3v) is 6.08. The number of carbonyl (C=O) groups is 1. The van der Waals surface area contributed by atoms with E-state index in [1.54, 1.807) is 28.7 Å². The number of nitrogens with zero attached hydrogens (tertiary/aromatic N) is 3. The number of methoxy groups -OCH3 is 1. The van der Waals surface area contributed by atoms with Crippen molar-refractivity contribution in [2.24, 2.45) is 0 Å². The van der Waals surface area contributed by atoms with Gasteiger partial charge in [0, 0.05) is 12.2 Å². The minimum Gasteiger partial charge on any atom is -0.495 e. The first kappa shape index (κ1) is 24.0. The molecular weight excluding hydrogens is 440 g/mol. The van der Waals surface area contributed by atoms with Crippen molar-refractivity contribution in [1.82, 2.24) is 14.5 Å². The van der Waals surface area contributed by atoms with Crippen molar-refractivity contribution < 1.29 is 9.53 Å². The first-order valence-corrected chi connectivity index (χ1v) is 11.7. The number of anilines is 1. The van der Waals surface area contributed by atoms with Crippen LogP contribution in [0.5, 0.6) is 5.75 Å². The monoisotopic (exact) mass is 470 g/mol. The van der Waals surface area contributed by atoms with Crippen molar-refractivity contribution in [3.05, 3.63) is 94.5 Å². The van der Waals surface area contributed by atoms with Crippen LogP contribution in [0.1, 0.15) is 37.7 Å². The number of amides is 2. The number of carbonyl (C=O) groups excluding carboxylic acids is 1. The number of benzene rings is 3. The molecule has 1 unspecified atom stereocenters. The Hall–Kier alpha value is -4.13. The molecule has 1 N–H and O–H groups in total. The van der Waals surface area contributed by atoms with E-state index in [-0.39, 0.29) is 11.6 Å². The summed E-state index contributed by atoms with van der Waals surface area (Å²) in [5.74, 6) is 1.01. The summed E-state index contributed by atoms with van der Waals surface area (Å²) < 4.78 is 7.13. The second-order valence-electron chi connectivity index (χ2n) is 8.41. The maximum absolute atomic E-state index is 13.8. The molecule has 1 atom stereocenters. The van der Waals surface area contributed by atoms with Crippen LogP contribution in [0, 0.1) is 6.92 Å². The average molecular weight is 471 g/mol. The molecule has 0 aliphatic carbocycles. The Kier molecular flexibility index (Phi) is 7.15. The number of fused-ring (bicyclic) bond motifs is 1. The highest BCUT2D eigenvalue weighted by atomic mass is 16.5. The summed E-state index contributed by atoms with van der Waals surface area (Å²) in [7, 11) is 1.57. The number of nitrogens with one attached hydrogen (secondary N) is 1. The maximum Gasteiger partial charge on any atom is 0.322 e. The van der Waals surface area contributed by atoms with E-state index in [0.29, 0.717) is 34.7 Å². The van der Waals surface area contributed by atoms with Gasteiger partial charge in [0.1, 0.15) is 11.6 Å². The smallest absolute Gasteiger partial charge is 0.322 e. The molecule has 4 aromatic rings. The summed E-state index contributed by atoms with van der Waals surface area (Å²) >= 11 is 0. The molecule has 0 aliphatic rings. The Bertz CT molecular complexity index is 1410. The van der Waals surface area contributed by atoms with Crippen LogP contribution in [-0.4, -0.2) is 34.1 Å². The van der Waals surface area contributed by atoms with Crippen LogP contribution in [0.3, 0.4) is 0 Å². The quantitative estimate of drug-likeness (QED) is 0.375. The number of urea groups is 1. The van der Waals surface area contributed by atoms with Gasteiger partial charge in [-0.25, -0.2) is 9.78 Å². The van der Waals surface area contributed by atoms with Gasteiger partial charge in [0.25, 0.3) is 5.56 Å². The summed E-state index contributed by atoms with van der Waals surface area (Å²) in [6, 6.07) is 21.5. The minimum absolute atomic E-state index is 0.210. The number of ether oxygens (including phenoxy) is 1. The molecule has 1 heterocycles. The molecule has 0 radical (unpaired) electrons. The second kappa shape index (κ2) is 10.4. The Morgan fingerprint density at radius 1 is 1.06 bits per heavy atom. The van der Waals surface area contributed by atoms with E-state index in [1.165, 1.54) is 0 Å². The summed E-state index contributed by atoms with van der Waals surface area (Å²) in [6.07, 6.45) is 0.748. The highest BCUT2D eigenvalue weighted by molar-refractivity contribution is 5.90. The number of para-hydroxylation sites is 4. The zero-order chi connectivity index (χ0) is 24.9. The molecule has 0 spiro atoms. The van der Waals surface area contributed by atoms with Gasteiger partial charge in [-0.15, -0.1) is 0 Å². The third-order valence-electron chi connectivity index (χ3n) is 6.08. The Morgan fingerprint density at radius 3 is 2.49 bits per heavy atom. The predicted octanol–water partition coefficient (Wildman–Crippen LogP) is 5.71. The molecule has 0 bridgehead atoms. The Labute approximate surface area is 205 Å². The lowest BCUT2D eigenvalue weighted by Crippen LogP contribution is -2.40. The van der Waals surface area contributed by atoms with E-state index in [9.17, 15) is 9.59 Å². The maximum atomic E-state index is 13.8. The van der Waals surface area contributed by atoms with Crippen molar-refractivity contribution in [2.75, 3.05) is 19.0 Å². The zero-order valence-electron chi connectivity index (χ0n) is 20.5.